The molecule has 0 spiro atoms. The molecule has 108 valence electrons. The fraction of sp³-hybridized carbons (Fsp3) is 0.800. The molecule has 1 unspecified atom stereocenters. The number of hydrogen-bond acceptors (Lipinski definition) is 3. The van der Waals surface area contributed by atoms with E-state index in [9.17, 15) is 0 Å². The van der Waals surface area contributed by atoms with E-state index in [0.29, 0.717) is 0 Å². The van der Waals surface area contributed by atoms with Gasteiger partial charge in [0.2, 0.25) is 0 Å². The number of likely N-dealkylation sites (N-methyl/N-ethyl adjacent to an activating group) is 1. The second-order valence-electron chi connectivity index (χ2n) is 5.27. The van der Waals surface area contributed by atoms with Gasteiger partial charge in [0.15, 0.2) is 0 Å². The first-order valence-electron chi connectivity index (χ1n) is 7.66. The molecule has 2 rings (SSSR count). The molecule has 0 bridgehead atoms. The van der Waals surface area contributed by atoms with Crippen molar-refractivity contribution < 1.29 is 4.74 Å². The second kappa shape index (κ2) is 6.53. The average Bonchev–Trinajstić information content (AvgIpc) is 3.05. The maximum absolute atomic E-state index is 6.22. The van der Waals surface area contributed by atoms with Crippen LogP contribution in [0.1, 0.15) is 58.2 Å². The van der Waals surface area contributed by atoms with Crippen molar-refractivity contribution in [1.82, 2.24) is 15.1 Å². The molecule has 0 aliphatic heterocycles. The van der Waals surface area contributed by atoms with Crippen molar-refractivity contribution in [3.05, 3.63) is 18.0 Å². The van der Waals surface area contributed by atoms with Crippen molar-refractivity contribution in [1.29, 1.82) is 0 Å². The predicted molar refractivity (Wildman–Crippen MR) is 77.1 cm³/mol. The van der Waals surface area contributed by atoms with Gasteiger partial charge in [0.25, 0.3) is 0 Å². The number of nitrogens with one attached hydrogen (secondary N) is 1. The first-order valence-corrected chi connectivity index (χ1v) is 7.66. The lowest BCUT2D eigenvalue weighted by Crippen LogP contribution is -2.45. The predicted octanol–water partition coefficient (Wildman–Crippen LogP) is 2.90. The minimum Gasteiger partial charge on any atom is -0.373 e. The van der Waals surface area contributed by atoms with E-state index in [1.165, 1.54) is 18.5 Å². The van der Waals surface area contributed by atoms with Crippen LogP contribution in [0.15, 0.2) is 12.3 Å². The van der Waals surface area contributed by atoms with Crippen molar-refractivity contribution in [3.63, 3.8) is 0 Å². The molecular formula is C15H27N3O. The molecule has 19 heavy (non-hydrogen) atoms. The third-order valence-corrected chi connectivity index (χ3v) is 4.16. The van der Waals surface area contributed by atoms with Crippen LogP contribution in [-0.2, 0) is 11.3 Å². The van der Waals surface area contributed by atoms with E-state index < -0.39 is 0 Å². The molecule has 0 radical (unpaired) electrons. The molecule has 1 aliphatic rings. The molecule has 4 nitrogen and oxygen atoms in total. The quantitative estimate of drug-likeness (QED) is 0.824. The van der Waals surface area contributed by atoms with Crippen LogP contribution in [0.4, 0.5) is 0 Å². The summed E-state index contributed by atoms with van der Waals surface area (Å²) in [6, 6.07) is 2.39. The highest BCUT2D eigenvalue weighted by molar-refractivity contribution is 5.15. The van der Waals surface area contributed by atoms with Gasteiger partial charge in [-0.15, -0.1) is 0 Å². The Kier molecular flexibility index (Phi) is 4.99. The smallest absolute Gasteiger partial charge is 0.0891 e. The fourth-order valence-electron chi connectivity index (χ4n) is 3.39. The van der Waals surface area contributed by atoms with E-state index in [0.717, 1.165) is 32.5 Å². The summed E-state index contributed by atoms with van der Waals surface area (Å²) < 4.78 is 8.31. The van der Waals surface area contributed by atoms with Crippen LogP contribution in [-0.4, -0.2) is 28.5 Å². The Bertz CT molecular complexity index is 382. The number of nitrogens with zero attached hydrogens (tertiary/aromatic N) is 2. The van der Waals surface area contributed by atoms with E-state index >= 15 is 0 Å². The Morgan fingerprint density at radius 2 is 2.11 bits per heavy atom. The molecular weight excluding hydrogens is 238 g/mol. The number of rotatable bonds is 7. The van der Waals surface area contributed by atoms with Crippen LogP contribution in [0, 0.1) is 0 Å². The summed E-state index contributed by atoms with van der Waals surface area (Å²) >= 11 is 0. The Balaban J connectivity index is 2.32. The number of aryl methyl sites for hydroxylation is 1. The number of hydrogen-bond donors (Lipinski definition) is 1. The van der Waals surface area contributed by atoms with Crippen molar-refractivity contribution in [3.8, 4) is 0 Å². The first-order chi connectivity index (χ1) is 9.27. The van der Waals surface area contributed by atoms with Crippen LogP contribution >= 0.6 is 0 Å². The minimum absolute atomic E-state index is 0.0439. The lowest BCUT2D eigenvalue weighted by molar-refractivity contribution is -0.0641. The molecule has 1 fully saturated rings. The molecule has 1 saturated carbocycles. The molecule has 1 atom stereocenters. The van der Waals surface area contributed by atoms with E-state index in [1.807, 2.05) is 6.20 Å². The van der Waals surface area contributed by atoms with Crippen LogP contribution in [0.2, 0.25) is 0 Å². The van der Waals surface area contributed by atoms with Crippen LogP contribution in [0.3, 0.4) is 0 Å². The Morgan fingerprint density at radius 3 is 2.68 bits per heavy atom. The highest BCUT2D eigenvalue weighted by Crippen LogP contribution is 2.42. The van der Waals surface area contributed by atoms with E-state index in [1.54, 1.807) is 0 Å². The molecule has 1 heterocycles. The highest BCUT2D eigenvalue weighted by Gasteiger charge is 2.43. The topological polar surface area (TPSA) is 39.1 Å². The highest BCUT2D eigenvalue weighted by atomic mass is 16.5. The SMILES string of the molecule is CCNC(c1ccnn1CC)C1(OCC)CCCC1. The van der Waals surface area contributed by atoms with E-state index in [-0.39, 0.29) is 11.6 Å². The summed E-state index contributed by atoms with van der Waals surface area (Å²) in [5.74, 6) is 0. The summed E-state index contributed by atoms with van der Waals surface area (Å²) in [6.45, 7) is 9.04. The Hall–Kier alpha value is -0.870. The Morgan fingerprint density at radius 1 is 1.37 bits per heavy atom. The molecule has 0 aromatic carbocycles. The maximum Gasteiger partial charge on any atom is 0.0891 e. The van der Waals surface area contributed by atoms with Gasteiger partial charge in [-0.1, -0.05) is 19.8 Å². The zero-order valence-corrected chi connectivity index (χ0v) is 12.5. The van der Waals surface area contributed by atoms with Gasteiger partial charge < -0.3 is 10.1 Å². The molecule has 1 N–H and O–H groups in total. The van der Waals surface area contributed by atoms with Gasteiger partial charge in [-0.25, -0.2) is 0 Å². The van der Waals surface area contributed by atoms with Gasteiger partial charge in [-0.3, -0.25) is 4.68 Å². The number of aromatic nitrogens is 2. The average molecular weight is 265 g/mol. The molecule has 1 aromatic rings. The zero-order valence-electron chi connectivity index (χ0n) is 12.5. The van der Waals surface area contributed by atoms with Gasteiger partial charge in [0.05, 0.1) is 17.3 Å². The maximum atomic E-state index is 6.22. The van der Waals surface area contributed by atoms with E-state index in [4.69, 9.17) is 4.74 Å². The fourth-order valence-corrected chi connectivity index (χ4v) is 3.39. The van der Waals surface area contributed by atoms with Crippen LogP contribution in [0.25, 0.3) is 0 Å². The minimum atomic E-state index is -0.0439. The van der Waals surface area contributed by atoms with Crippen LogP contribution < -0.4 is 5.32 Å². The second-order valence-corrected chi connectivity index (χ2v) is 5.27. The van der Waals surface area contributed by atoms with Crippen molar-refractivity contribution >= 4 is 0 Å². The molecule has 0 saturated heterocycles. The van der Waals surface area contributed by atoms with Crippen molar-refractivity contribution in [2.75, 3.05) is 13.2 Å². The summed E-state index contributed by atoms with van der Waals surface area (Å²) in [7, 11) is 0. The van der Waals surface area contributed by atoms with Gasteiger partial charge in [-0.05, 0) is 39.3 Å². The monoisotopic (exact) mass is 265 g/mol. The first kappa shape index (κ1) is 14.5. The standard InChI is InChI=1S/C15H27N3O/c1-4-16-14(13-9-12-17-18(13)5-2)15(19-6-3)10-7-8-11-15/h9,12,14,16H,4-8,10-11H2,1-3H3. The largest absolute Gasteiger partial charge is 0.373 e. The summed E-state index contributed by atoms with van der Waals surface area (Å²) in [4.78, 5) is 0. The summed E-state index contributed by atoms with van der Waals surface area (Å²) in [6.07, 6.45) is 6.73. The molecule has 1 aromatic heterocycles. The van der Waals surface area contributed by atoms with E-state index in [2.05, 4.69) is 41.9 Å². The van der Waals surface area contributed by atoms with Gasteiger partial charge >= 0.3 is 0 Å². The molecule has 1 aliphatic carbocycles. The number of ether oxygens (including phenoxy) is 1. The van der Waals surface area contributed by atoms with Crippen LogP contribution in [0.5, 0.6) is 0 Å². The van der Waals surface area contributed by atoms with Crippen molar-refractivity contribution in [2.24, 2.45) is 0 Å². The van der Waals surface area contributed by atoms with Gasteiger partial charge in [-0.2, -0.15) is 5.10 Å². The van der Waals surface area contributed by atoms with Gasteiger partial charge in [0, 0.05) is 19.3 Å². The lowest BCUT2D eigenvalue weighted by Gasteiger charge is -2.38. The third kappa shape index (κ3) is 2.84. The summed E-state index contributed by atoms with van der Waals surface area (Å²) in [5, 5.41) is 8.06. The lowest BCUT2D eigenvalue weighted by atomic mass is 9.89. The van der Waals surface area contributed by atoms with Gasteiger partial charge in [0.1, 0.15) is 0 Å². The molecule has 0 amide bonds. The van der Waals surface area contributed by atoms with Crippen molar-refractivity contribution in [2.45, 2.75) is 64.6 Å². The summed E-state index contributed by atoms with van der Waals surface area (Å²) in [5.41, 5.74) is 1.22. The Labute approximate surface area is 116 Å². The zero-order chi connectivity index (χ0) is 13.7. The normalized spacial score (nSPS) is 19.7. The third-order valence-electron chi connectivity index (χ3n) is 4.16. The molecule has 4 heteroatoms.